The fourth-order valence-corrected chi connectivity index (χ4v) is 8.09. The first-order chi connectivity index (χ1) is 13.3. The van der Waals surface area contributed by atoms with Crippen molar-refractivity contribution in [2.45, 2.75) is 64.8 Å². The van der Waals surface area contributed by atoms with E-state index in [4.69, 9.17) is 0 Å². The predicted molar refractivity (Wildman–Crippen MR) is 115 cm³/mol. The summed E-state index contributed by atoms with van der Waals surface area (Å²) in [5, 5.41) is 4.00. The van der Waals surface area contributed by atoms with Gasteiger partial charge in [0.2, 0.25) is 5.91 Å². The quantitative estimate of drug-likeness (QED) is 0.829. The van der Waals surface area contributed by atoms with Crippen LogP contribution in [0.25, 0.3) is 10.2 Å². The van der Waals surface area contributed by atoms with Gasteiger partial charge in [0, 0.05) is 16.7 Å². The zero-order valence-corrected chi connectivity index (χ0v) is 18.3. The summed E-state index contributed by atoms with van der Waals surface area (Å²) in [7, 11) is 0. The van der Waals surface area contributed by atoms with Crippen LogP contribution >= 0.6 is 23.1 Å². The van der Waals surface area contributed by atoms with Crippen LogP contribution in [-0.4, -0.2) is 27.3 Å². The van der Waals surface area contributed by atoms with Crippen LogP contribution in [0.3, 0.4) is 0 Å². The Morgan fingerprint density at radius 3 is 2.93 bits per heavy atom. The number of amides is 1. The predicted octanol–water partition coefficient (Wildman–Crippen LogP) is 3.58. The number of hydrogen-bond donors (Lipinski definition) is 1. The molecule has 2 saturated carbocycles. The number of aryl methyl sites for hydroxylation is 1. The van der Waals surface area contributed by atoms with Gasteiger partial charge in [-0.3, -0.25) is 14.2 Å². The van der Waals surface area contributed by atoms with Gasteiger partial charge in [0.05, 0.1) is 11.7 Å². The third kappa shape index (κ3) is 2.54. The first kappa shape index (κ1) is 18.7. The molecule has 1 N–H and O–H groups in total. The van der Waals surface area contributed by atoms with Gasteiger partial charge in [-0.2, -0.15) is 11.8 Å². The molecule has 2 bridgehead atoms. The average molecular weight is 418 g/mol. The van der Waals surface area contributed by atoms with Crippen molar-refractivity contribution in [1.29, 1.82) is 0 Å². The maximum Gasteiger partial charge on any atom is 0.262 e. The minimum atomic E-state index is -0.0718. The molecule has 28 heavy (non-hydrogen) atoms. The van der Waals surface area contributed by atoms with E-state index in [1.807, 2.05) is 11.8 Å². The molecule has 3 aliphatic rings. The van der Waals surface area contributed by atoms with Gasteiger partial charge in [0.25, 0.3) is 5.56 Å². The van der Waals surface area contributed by atoms with Crippen LogP contribution in [0.2, 0.25) is 0 Å². The molecule has 2 aromatic heterocycles. The Bertz CT molecular complexity index is 1020. The Labute approximate surface area is 173 Å². The fourth-order valence-electron chi connectivity index (χ4n) is 5.78. The lowest BCUT2D eigenvalue weighted by Crippen LogP contribution is -2.48. The van der Waals surface area contributed by atoms with Gasteiger partial charge >= 0.3 is 0 Å². The minimum absolute atomic E-state index is 0.0544. The maximum absolute atomic E-state index is 13.1. The molecule has 2 aromatic rings. The van der Waals surface area contributed by atoms with E-state index in [9.17, 15) is 9.59 Å². The zero-order chi connectivity index (χ0) is 19.7. The number of thiophene rings is 1. The van der Waals surface area contributed by atoms with E-state index >= 15 is 0 Å². The summed E-state index contributed by atoms with van der Waals surface area (Å²) in [6.07, 6.45) is 5.95. The second-order valence-corrected chi connectivity index (χ2v) is 11.6. The second-order valence-electron chi connectivity index (χ2n) is 9.39. The van der Waals surface area contributed by atoms with Crippen LogP contribution in [0.5, 0.6) is 0 Å². The van der Waals surface area contributed by atoms with E-state index in [2.05, 4.69) is 31.1 Å². The molecule has 150 valence electrons. The Morgan fingerprint density at radius 2 is 2.21 bits per heavy atom. The molecule has 1 amide bonds. The van der Waals surface area contributed by atoms with Crippen molar-refractivity contribution in [2.75, 3.05) is 5.75 Å². The summed E-state index contributed by atoms with van der Waals surface area (Å²) < 4.78 is 1.49. The van der Waals surface area contributed by atoms with Crippen LogP contribution in [0.4, 0.5) is 0 Å². The molecule has 3 heterocycles. The highest BCUT2D eigenvalue weighted by atomic mass is 32.2. The molecule has 3 unspecified atom stereocenters. The van der Waals surface area contributed by atoms with Crippen LogP contribution in [0.15, 0.2) is 11.1 Å². The number of nitrogens with one attached hydrogen (secondary N) is 1. The van der Waals surface area contributed by atoms with E-state index in [1.165, 1.54) is 22.3 Å². The van der Waals surface area contributed by atoms with Crippen molar-refractivity contribution >= 4 is 39.2 Å². The number of carbonyl (C=O) groups excluding carboxylic acids is 1. The standard InChI is InChI=1S/C21H27N3O2S2/c1-20(2)12-4-6-21(20,3)15(8-12)23-16(25)9-24-11-22-18-17(19(24)26)13-5-7-27-10-14(13)28-18/h11-12,15H,4-10H2,1-3H3,(H,23,25). The van der Waals surface area contributed by atoms with Gasteiger partial charge < -0.3 is 5.32 Å². The Balaban J connectivity index is 1.38. The number of carbonyl (C=O) groups is 1. The largest absolute Gasteiger partial charge is 0.351 e. The lowest BCUT2D eigenvalue weighted by atomic mass is 9.69. The van der Waals surface area contributed by atoms with Crippen molar-refractivity contribution in [2.24, 2.45) is 16.7 Å². The summed E-state index contributed by atoms with van der Waals surface area (Å²) in [5.74, 6) is 2.62. The van der Waals surface area contributed by atoms with Gasteiger partial charge in [-0.05, 0) is 53.7 Å². The molecular formula is C21H27N3O2S2. The van der Waals surface area contributed by atoms with Crippen molar-refractivity contribution in [3.05, 3.63) is 27.1 Å². The van der Waals surface area contributed by atoms with Gasteiger partial charge in [-0.1, -0.05) is 20.8 Å². The molecule has 3 atom stereocenters. The molecule has 5 rings (SSSR count). The zero-order valence-electron chi connectivity index (χ0n) is 16.7. The van der Waals surface area contributed by atoms with Crippen LogP contribution in [0, 0.1) is 16.7 Å². The smallest absolute Gasteiger partial charge is 0.262 e. The lowest BCUT2D eigenvalue weighted by molar-refractivity contribution is -0.123. The number of thioether (sulfide) groups is 1. The van der Waals surface area contributed by atoms with E-state index in [0.717, 1.165) is 40.1 Å². The Morgan fingerprint density at radius 1 is 1.39 bits per heavy atom. The fraction of sp³-hybridized carbons (Fsp3) is 0.667. The number of hydrogen-bond acceptors (Lipinski definition) is 5. The third-order valence-corrected chi connectivity index (χ3v) is 10.3. The molecular weight excluding hydrogens is 390 g/mol. The summed E-state index contributed by atoms with van der Waals surface area (Å²) in [6, 6.07) is 0.201. The molecule has 0 saturated heterocycles. The summed E-state index contributed by atoms with van der Waals surface area (Å²) in [4.78, 5) is 32.5. The highest BCUT2D eigenvalue weighted by Crippen LogP contribution is 2.65. The third-order valence-electron chi connectivity index (χ3n) is 8.03. The lowest BCUT2D eigenvalue weighted by Gasteiger charge is -2.39. The summed E-state index contributed by atoms with van der Waals surface area (Å²) >= 11 is 3.54. The van der Waals surface area contributed by atoms with Crippen molar-refractivity contribution in [3.8, 4) is 0 Å². The maximum atomic E-state index is 13.1. The highest BCUT2D eigenvalue weighted by Gasteiger charge is 2.61. The van der Waals surface area contributed by atoms with E-state index in [-0.39, 0.29) is 34.9 Å². The van der Waals surface area contributed by atoms with Crippen molar-refractivity contribution in [3.63, 3.8) is 0 Å². The molecule has 7 heteroatoms. The number of rotatable bonds is 3. The van der Waals surface area contributed by atoms with Gasteiger partial charge in [-0.25, -0.2) is 4.98 Å². The van der Waals surface area contributed by atoms with Gasteiger partial charge in [0.15, 0.2) is 0 Å². The van der Waals surface area contributed by atoms with Crippen LogP contribution < -0.4 is 10.9 Å². The minimum Gasteiger partial charge on any atom is -0.351 e. The van der Waals surface area contributed by atoms with E-state index < -0.39 is 0 Å². The van der Waals surface area contributed by atoms with Crippen molar-refractivity contribution < 1.29 is 4.79 Å². The Kier molecular flexibility index (Phi) is 4.22. The highest BCUT2D eigenvalue weighted by molar-refractivity contribution is 7.98. The van der Waals surface area contributed by atoms with E-state index in [1.54, 1.807) is 17.7 Å². The molecule has 0 radical (unpaired) electrons. The number of nitrogens with zero attached hydrogens (tertiary/aromatic N) is 2. The molecule has 1 aliphatic heterocycles. The van der Waals surface area contributed by atoms with Crippen molar-refractivity contribution in [1.82, 2.24) is 14.9 Å². The normalized spacial score (nSPS) is 30.5. The SMILES string of the molecule is CC1(C)C2CCC1(C)C(NC(=O)Cn1cnc3sc4c(c3c1=O)CCSC4)C2. The molecule has 0 spiro atoms. The Hall–Kier alpha value is -1.34. The number of aromatic nitrogens is 2. The summed E-state index contributed by atoms with van der Waals surface area (Å²) in [6.45, 7) is 7.06. The number of fused-ring (bicyclic) bond motifs is 5. The monoisotopic (exact) mass is 417 g/mol. The van der Waals surface area contributed by atoms with Crippen LogP contribution in [-0.2, 0) is 23.5 Å². The molecule has 0 aromatic carbocycles. The first-order valence-electron chi connectivity index (χ1n) is 10.2. The first-order valence-corrected chi connectivity index (χ1v) is 12.1. The molecule has 2 aliphatic carbocycles. The average Bonchev–Trinajstić information content (AvgIpc) is 3.20. The van der Waals surface area contributed by atoms with Gasteiger partial charge in [0.1, 0.15) is 11.4 Å². The van der Waals surface area contributed by atoms with E-state index in [0.29, 0.717) is 5.92 Å². The molecule has 2 fully saturated rings. The van der Waals surface area contributed by atoms with Crippen LogP contribution in [0.1, 0.15) is 50.5 Å². The molecule has 5 nitrogen and oxygen atoms in total. The second kappa shape index (κ2) is 6.33. The topological polar surface area (TPSA) is 64.0 Å². The summed E-state index contributed by atoms with van der Waals surface area (Å²) in [5.41, 5.74) is 1.50. The van der Waals surface area contributed by atoms with Gasteiger partial charge in [-0.15, -0.1) is 11.3 Å².